The van der Waals surface area contributed by atoms with Gasteiger partial charge in [-0.3, -0.25) is 9.78 Å². The number of carbonyl (C=O) groups is 1. The van der Waals surface area contributed by atoms with Crippen molar-refractivity contribution >= 4 is 11.7 Å². The van der Waals surface area contributed by atoms with Crippen LogP contribution in [0.2, 0.25) is 0 Å². The van der Waals surface area contributed by atoms with Crippen molar-refractivity contribution in [3.05, 3.63) is 56.9 Å². The molecule has 1 heterocycles. The topological polar surface area (TPSA) is 116 Å². The van der Waals surface area contributed by atoms with Crippen molar-refractivity contribution in [2.45, 2.75) is 6.54 Å². The molecule has 2 aromatic rings. The summed E-state index contributed by atoms with van der Waals surface area (Å²) >= 11 is 0. The smallest absolute Gasteiger partial charge is 0.325 e. The highest BCUT2D eigenvalue weighted by Crippen LogP contribution is 2.10. The SMILES string of the molecule is COc1ccc(CNC(=O)Nc2c[nH]c(=O)[nH]c2=O)cc1. The molecule has 0 aliphatic rings. The lowest BCUT2D eigenvalue weighted by molar-refractivity contribution is 0.251. The third kappa shape index (κ3) is 3.96. The molecular weight excluding hydrogens is 276 g/mol. The number of ether oxygens (including phenoxy) is 1. The molecule has 0 saturated carbocycles. The number of hydrogen-bond donors (Lipinski definition) is 4. The lowest BCUT2D eigenvalue weighted by Crippen LogP contribution is -2.32. The zero-order valence-corrected chi connectivity index (χ0v) is 11.2. The van der Waals surface area contributed by atoms with E-state index >= 15 is 0 Å². The van der Waals surface area contributed by atoms with Crippen LogP contribution in [-0.4, -0.2) is 23.1 Å². The number of methoxy groups -OCH3 is 1. The molecular formula is C13H14N4O4. The van der Waals surface area contributed by atoms with Crippen molar-refractivity contribution in [2.24, 2.45) is 0 Å². The number of aromatic amines is 2. The molecule has 0 atom stereocenters. The summed E-state index contributed by atoms with van der Waals surface area (Å²) in [4.78, 5) is 38.2. The average Bonchev–Trinajstić information content (AvgIpc) is 2.48. The Hall–Kier alpha value is -3.03. The summed E-state index contributed by atoms with van der Waals surface area (Å²) < 4.78 is 5.03. The van der Waals surface area contributed by atoms with Gasteiger partial charge in [-0.25, -0.2) is 9.59 Å². The molecule has 2 rings (SSSR count). The van der Waals surface area contributed by atoms with Gasteiger partial charge in [0.05, 0.1) is 7.11 Å². The van der Waals surface area contributed by atoms with Gasteiger partial charge in [0.15, 0.2) is 0 Å². The maximum Gasteiger partial charge on any atom is 0.325 e. The first-order valence-corrected chi connectivity index (χ1v) is 6.08. The van der Waals surface area contributed by atoms with Gasteiger partial charge in [0, 0.05) is 12.7 Å². The minimum Gasteiger partial charge on any atom is -0.497 e. The summed E-state index contributed by atoms with van der Waals surface area (Å²) in [6, 6.07) is 6.63. The number of amides is 2. The van der Waals surface area contributed by atoms with Crippen LogP contribution in [0.4, 0.5) is 10.5 Å². The summed E-state index contributed by atoms with van der Waals surface area (Å²) in [5.74, 6) is 0.725. The molecule has 8 nitrogen and oxygen atoms in total. The fourth-order valence-electron chi connectivity index (χ4n) is 1.59. The summed E-state index contributed by atoms with van der Waals surface area (Å²) in [6.45, 7) is 0.289. The second-order valence-corrected chi connectivity index (χ2v) is 4.14. The Morgan fingerprint density at radius 2 is 1.95 bits per heavy atom. The van der Waals surface area contributed by atoms with Crippen LogP contribution in [0.15, 0.2) is 40.1 Å². The Morgan fingerprint density at radius 3 is 2.57 bits per heavy atom. The maximum atomic E-state index is 11.7. The van der Waals surface area contributed by atoms with E-state index in [0.717, 1.165) is 17.5 Å². The number of benzene rings is 1. The molecule has 1 aromatic carbocycles. The second kappa shape index (κ2) is 6.42. The summed E-state index contributed by atoms with van der Waals surface area (Å²) in [5.41, 5.74) is -0.467. The molecule has 0 radical (unpaired) electrons. The maximum absolute atomic E-state index is 11.7. The predicted octanol–water partition coefficient (Wildman–Crippen LogP) is 0.393. The van der Waals surface area contributed by atoms with Gasteiger partial charge in [-0.05, 0) is 17.7 Å². The highest BCUT2D eigenvalue weighted by molar-refractivity contribution is 5.88. The van der Waals surface area contributed by atoms with Gasteiger partial charge in [0.2, 0.25) is 0 Å². The molecule has 4 N–H and O–H groups in total. The highest BCUT2D eigenvalue weighted by atomic mass is 16.5. The van der Waals surface area contributed by atoms with Crippen LogP contribution >= 0.6 is 0 Å². The number of rotatable bonds is 4. The van der Waals surface area contributed by atoms with E-state index in [9.17, 15) is 14.4 Å². The van der Waals surface area contributed by atoms with Crippen molar-refractivity contribution in [1.82, 2.24) is 15.3 Å². The van der Waals surface area contributed by atoms with E-state index < -0.39 is 17.3 Å². The van der Waals surface area contributed by atoms with Crippen LogP contribution in [0, 0.1) is 0 Å². The molecule has 0 bridgehead atoms. The summed E-state index contributed by atoms with van der Waals surface area (Å²) in [6.07, 6.45) is 1.13. The van der Waals surface area contributed by atoms with E-state index in [1.807, 2.05) is 17.1 Å². The molecule has 110 valence electrons. The van der Waals surface area contributed by atoms with Crippen LogP contribution in [0.1, 0.15) is 5.56 Å². The van der Waals surface area contributed by atoms with E-state index in [1.54, 1.807) is 19.2 Å². The first kappa shape index (κ1) is 14.4. The van der Waals surface area contributed by atoms with Crippen molar-refractivity contribution in [3.63, 3.8) is 0 Å². The fraction of sp³-hybridized carbons (Fsp3) is 0.154. The van der Waals surface area contributed by atoms with Gasteiger partial charge in [0.25, 0.3) is 5.56 Å². The van der Waals surface area contributed by atoms with Gasteiger partial charge in [0.1, 0.15) is 11.4 Å². The van der Waals surface area contributed by atoms with Crippen LogP contribution in [0.25, 0.3) is 0 Å². The number of nitrogens with one attached hydrogen (secondary N) is 4. The molecule has 21 heavy (non-hydrogen) atoms. The monoisotopic (exact) mass is 290 g/mol. The van der Waals surface area contributed by atoms with E-state index in [-0.39, 0.29) is 12.2 Å². The standard InChI is InChI=1S/C13H14N4O4/c1-21-9-4-2-8(3-5-9)6-14-12(19)16-10-7-15-13(20)17-11(10)18/h2-5,7H,6H2,1H3,(H2,14,16,19)(H2,15,17,18,20). The van der Waals surface area contributed by atoms with E-state index in [0.29, 0.717) is 0 Å². The molecule has 0 aliphatic heterocycles. The van der Waals surface area contributed by atoms with Crippen LogP contribution in [-0.2, 0) is 6.54 Å². The molecule has 8 heteroatoms. The van der Waals surface area contributed by atoms with Gasteiger partial charge < -0.3 is 20.4 Å². The van der Waals surface area contributed by atoms with E-state index in [2.05, 4.69) is 15.6 Å². The molecule has 0 spiro atoms. The van der Waals surface area contributed by atoms with Gasteiger partial charge in [-0.2, -0.15) is 0 Å². The predicted molar refractivity (Wildman–Crippen MR) is 76.5 cm³/mol. The fourth-order valence-corrected chi connectivity index (χ4v) is 1.59. The van der Waals surface area contributed by atoms with Gasteiger partial charge in [-0.1, -0.05) is 12.1 Å². The minimum absolute atomic E-state index is 0.0400. The number of hydrogen-bond acceptors (Lipinski definition) is 4. The molecule has 0 fully saturated rings. The normalized spacial score (nSPS) is 9.95. The average molecular weight is 290 g/mol. The lowest BCUT2D eigenvalue weighted by Gasteiger charge is -2.07. The Balaban J connectivity index is 1.92. The number of urea groups is 1. The first-order valence-electron chi connectivity index (χ1n) is 6.08. The van der Waals surface area contributed by atoms with Gasteiger partial charge >= 0.3 is 11.7 Å². The lowest BCUT2D eigenvalue weighted by atomic mass is 10.2. The summed E-state index contributed by atoms with van der Waals surface area (Å²) in [7, 11) is 1.57. The van der Waals surface area contributed by atoms with Crippen molar-refractivity contribution < 1.29 is 9.53 Å². The first-order chi connectivity index (χ1) is 10.1. The third-order valence-corrected chi connectivity index (χ3v) is 2.68. The quantitative estimate of drug-likeness (QED) is 0.652. The molecule has 1 aromatic heterocycles. The number of H-pyrrole nitrogens is 2. The molecule has 0 unspecified atom stereocenters. The largest absolute Gasteiger partial charge is 0.497 e. The minimum atomic E-state index is -0.668. The number of aromatic nitrogens is 2. The Labute approximate surface area is 119 Å². The zero-order valence-electron chi connectivity index (χ0n) is 11.2. The third-order valence-electron chi connectivity index (χ3n) is 2.68. The van der Waals surface area contributed by atoms with Gasteiger partial charge in [-0.15, -0.1) is 0 Å². The summed E-state index contributed by atoms with van der Waals surface area (Å²) in [5, 5.41) is 4.93. The molecule has 0 saturated heterocycles. The van der Waals surface area contributed by atoms with Crippen LogP contribution in [0.5, 0.6) is 5.75 Å². The van der Waals surface area contributed by atoms with Crippen molar-refractivity contribution in [3.8, 4) is 5.75 Å². The second-order valence-electron chi connectivity index (χ2n) is 4.14. The van der Waals surface area contributed by atoms with E-state index in [1.165, 1.54) is 0 Å². The zero-order chi connectivity index (χ0) is 15.2. The highest BCUT2D eigenvalue weighted by Gasteiger charge is 2.05. The Morgan fingerprint density at radius 1 is 1.24 bits per heavy atom. The van der Waals surface area contributed by atoms with Crippen molar-refractivity contribution in [2.75, 3.05) is 12.4 Å². The van der Waals surface area contributed by atoms with E-state index in [4.69, 9.17) is 4.74 Å². The van der Waals surface area contributed by atoms with Crippen LogP contribution < -0.4 is 26.6 Å². The molecule has 2 amide bonds. The number of carbonyl (C=O) groups excluding carboxylic acids is 1. The number of anilines is 1. The van der Waals surface area contributed by atoms with Crippen molar-refractivity contribution in [1.29, 1.82) is 0 Å². The Bertz CT molecular complexity index is 733. The Kier molecular flexibility index (Phi) is 4.39. The van der Waals surface area contributed by atoms with Crippen LogP contribution in [0.3, 0.4) is 0 Å². The molecule has 0 aliphatic carbocycles.